The van der Waals surface area contributed by atoms with Gasteiger partial charge in [-0.25, -0.2) is 0 Å². The lowest BCUT2D eigenvalue weighted by molar-refractivity contribution is -0.00405. The van der Waals surface area contributed by atoms with Crippen molar-refractivity contribution < 1.29 is 14.2 Å². The van der Waals surface area contributed by atoms with Crippen molar-refractivity contribution in [3.05, 3.63) is 23.8 Å². The molecule has 3 heteroatoms. The third-order valence-corrected chi connectivity index (χ3v) is 1.96. The summed E-state index contributed by atoms with van der Waals surface area (Å²) in [6.45, 7) is 3.34. The van der Waals surface area contributed by atoms with E-state index in [1.165, 1.54) is 0 Å². The Morgan fingerprint density at radius 1 is 1.36 bits per heavy atom. The molecule has 14 heavy (non-hydrogen) atoms. The summed E-state index contributed by atoms with van der Waals surface area (Å²) >= 11 is 0. The van der Waals surface area contributed by atoms with E-state index in [2.05, 4.69) is 4.74 Å². The van der Waals surface area contributed by atoms with Gasteiger partial charge in [0.1, 0.15) is 18.6 Å². The van der Waals surface area contributed by atoms with Crippen LogP contribution < -0.4 is 9.47 Å². The maximum absolute atomic E-state index is 5.47. The minimum absolute atomic E-state index is 0.614. The van der Waals surface area contributed by atoms with Gasteiger partial charge in [0.25, 0.3) is 0 Å². The number of benzene rings is 1. The quantitative estimate of drug-likeness (QED) is 0.529. The van der Waals surface area contributed by atoms with Crippen LogP contribution in [0.5, 0.6) is 11.5 Å². The van der Waals surface area contributed by atoms with Gasteiger partial charge in [0.15, 0.2) is 13.2 Å². The number of methoxy groups -OCH3 is 1. The molecule has 1 N–H and O–H groups in total. The minimum Gasteiger partial charge on any atom is -0.496 e. The number of hydrogen-bond acceptors (Lipinski definition) is 2. The topological polar surface area (TPSA) is 31.3 Å². The highest BCUT2D eigenvalue weighted by molar-refractivity contribution is 5.39. The average molecular weight is 197 g/mol. The molecule has 0 fully saturated rings. The van der Waals surface area contributed by atoms with E-state index in [0.717, 1.165) is 23.7 Å². The molecule has 0 aliphatic rings. The molecular weight excluding hydrogens is 180 g/mol. The molecule has 0 aliphatic heterocycles. The van der Waals surface area contributed by atoms with Crippen LogP contribution in [0.15, 0.2) is 18.2 Å². The van der Waals surface area contributed by atoms with Crippen LogP contribution in [0.25, 0.3) is 0 Å². The molecule has 0 atom stereocenters. The first-order chi connectivity index (χ1) is 6.77. The molecule has 0 spiro atoms. The summed E-state index contributed by atoms with van der Waals surface area (Å²) in [5.74, 6) is 1.69. The van der Waals surface area contributed by atoms with Gasteiger partial charge < -0.3 is 14.2 Å². The van der Waals surface area contributed by atoms with E-state index in [0.29, 0.717) is 6.61 Å². The van der Waals surface area contributed by atoms with Gasteiger partial charge in [-0.1, -0.05) is 6.07 Å². The van der Waals surface area contributed by atoms with Crippen molar-refractivity contribution in [3.63, 3.8) is 0 Å². The Kier molecular flexibility index (Phi) is 4.26. The lowest BCUT2D eigenvalue weighted by atomic mass is 10.2. The lowest BCUT2D eigenvalue weighted by Gasteiger charge is -2.08. The molecule has 1 aromatic rings. The highest BCUT2D eigenvalue weighted by Gasteiger charge is 2.00. The molecule has 0 aliphatic carbocycles. The molecule has 0 saturated carbocycles. The summed E-state index contributed by atoms with van der Waals surface area (Å²) in [6, 6.07) is 5.82. The summed E-state index contributed by atoms with van der Waals surface area (Å²) in [5, 5.41) is 0. The van der Waals surface area contributed by atoms with Crippen molar-refractivity contribution in [2.45, 2.75) is 6.92 Å². The fraction of sp³-hybridized carbons (Fsp3) is 0.455. The van der Waals surface area contributed by atoms with Gasteiger partial charge in [0.05, 0.1) is 7.11 Å². The van der Waals surface area contributed by atoms with E-state index in [1.807, 2.05) is 25.1 Å². The third-order valence-electron chi connectivity index (χ3n) is 1.96. The summed E-state index contributed by atoms with van der Waals surface area (Å²) in [7, 11) is 3.44. The first-order valence-corrected chi connectivity index (χ1v) is 4.61. The normalized spacial score (nSPS) is 9.93. The largest absolute Gasteiger partial charge is 0.496 e. The van der Waals surface area contributed by atoms with Crippen LogP contribution in [0.4, 0.5) is 0 Å². The van der Waals surface area contributed by atoms with E-state index in [-0.39, 0.29) is 0 Å². The van der Waals surface area contributed by atoms with Gasteiger partial charge in [-0.3, -0.25) is 0 Å². The van der Waals surface area contributed by atoms with Gasteiger partial charge >= 0.3 is 0 Å². The van der Waals surface area contributed by atoms with Crippen molar-refractivity contribution in [3.8, 4) is 11.5 Å². The standard InChI is InChI=1S/C11H16O3/c1-9-4-5-10(8-11(9)13-3)14-7-6-12-2/h4-5,8H,6-7H2,1-3H3/p+1. The smallest absolute Gasteiger partial charge is 0.179 e. The van der Waals surface area contributed by atoms with Gasteiger partial charge in [0, 0.05) is 6.07 Å². The zero-order valence-electron chi connectivity index (χ0n) is 8.91. The fourth-order valence-corrected chi connectivity index (χ4v) is 1.14. The van der Waals surface area contributed by atoms with Gasteiger partial charge in [-0.05, 0) is 18.6 Å². The molecule has 0 saturated heterocycles. The average Bonchev–Trinajstić information content (AvgIpc) is 2.21. The Balaban J connectivity index is 2.60. The third kappa shape index (κ3) is 2.92. The SMILES string of the molecule is COc1cc(OCC[OH+]C)ccc1C. The first-order valence-electron chi connectivity index (χ1n) is 4.61. The molecule has 0 heterocycles. The maximum atomic E-state index is 5.47. The van der Waals surface area contributed by atoms with Crippen LogP contribution in [0.2, 0.25) is 0 Å². The van der Waals surface area contributed by atoms with E-state index >= 15 is 0 Å². The van der Waals surface area contributed by atoms with Crippen LogP contribution >= 0.6 is 0 Å². The van der Waals surface area contributed by atoms with Gasteiger partial charge in [-0.2, -0.15) is 0 Å². The second kappa shape index (κ2) is 5.50. The number of aliphatic hydroxyl groups is 2. The Morgan fingerprint density at radius 3 is 2.79 bits per heavy atom. The first kappa shape index (κ1) is 10.9. The second-order valence-electron chi connectivity index (χ2n) is 3.02. The van der Waals surface area contributed by atoms with Crippen molar-refractivity contribution in [1.29, 1.82) is 0 Å². The summed E-state index contributed by atoms with van der Waals surface area (Å²) in [5.41, 5.74) is 1.11. The zero-order valence-corrected chi connectivity index (χ0v) is 8.91. The van der Waals surface area contributed by atoms with Gasteiger partial charge in [-0.15, -0.1) is 0 Å². The predicted molar refractivity (Wildman–Crippen MR) is 56.2 cm³/mol. The molecule has 3 nitrogen and oxygen atoms in total. The number of ether oxygens (including phenoxy) is 3. The van der Waals surface area contributed by atoms with Crippen LogP contribution in [-0.4, -0.2) is 32.2 Å². The van der Waals surface area contributed by atoms with Crippen molar-refractivity contribution in [2.75, 3.05) is 27.4 Å². The summed E-state index contributed by atoms with van der Waals surface area (Å²) in [4.78, 5) is 0. The molecule has 78 valence electrons. The minimum atomic E-state index is 0.614. The Labute approximate surface area is 84.6 Å². The Hall–Kier alpha value is -1.22. The highest BCUT2D eigenvalue weighted by Crippen LogP contribution is 2.23. The Morgan fingerprint density at radius 2 is 2.14 bits per heavy atom. The molecule has 1 aromatic carbocycles. The molecular formula is C11H17O3+. The lowest BCUT2D eigenvalue weighted by Crippen LogP contribution is -2.07. The number of rotatable bonds is 5. The number of hydrogen-bond donors (Lipinski definition) is 0. The maximum Gasteiger partial charge on any atom is 0.179 e. The molecule has 0 amide bonds. The second-order valence-corrected chi connectivity index (χ2v) is 3.02. The Bertz CT molecular complexity index is 284. The molecule has 0 unspecified atom stereocenters. The highest BCUT2D eigenvalue weighted by atomic mass is 16.5. The summed E-state index contributed by atoms with van der Waals surface area (Å²) in [6.07, 6.45) is 0. The van der Waals surface area contributed by atoms with Gasteiger partial charge in [0.2, 0.25) is 0 Å². The van der Waals surface area contributed by atoms with Crippen molar-refractivity contribution >= 4 is 0 Å². The zero-order chi connectivity index (χ0) is 10.4. The predicted octanol–water partition coefficient (Wildman–Crippen LogP) is 1.54. The van der Waals surface area contributed by atoms with Crippen molar-refractivity contribution in [2.24, 2.45) is 0 Å². The number of aryl methyl sites for hydroxylation is 1. The van der Waals surface area contributed by atoms with Crippen molar-refractivity contribution in [1.82, 2.24) is 0 Å². The van der Waals surface area contributed by atoms with E-state index in [1.54, 1.807) is 14.2 Å². The molecule has 0 radical (unpaired) electrons. The monoisotopic (exact) mass is 197 g/mol. The van der Waals surface area contributed by atoms with E-state index in [4.69, 9.17) is 9.47 Å². The van der Waals surface area contributed by atoms with E-state index < -0.39 is 0 Å². The van der Waals surface area contributed by atoms with Crippen LogP contribution in [0.3, 0.4) is 0 Å². The molecule has 0 aromatic heterocycles. The fourth-order valence-electron chi connectivity index (χ4n) is 1.14. The molecule has 1 rings (SSSR count). The van der Waals surface area contributed by atoms with Crippen LogP contribution in [0, 0.1) is 6.92 Å². The van der Waals surface area contributed by atoms with E-state index in [9.17, 15) is 0 Å². The summed E-state index contributed by atoms with van der Waals surface area (Å²) < 4.78 is 14.6. The van der Waals surface area contributed by atoms with Crippen LogP contribution in [-0.2, 0) is 0 Å². The van der Waals surface area contributed by atoms with Crippen LogP contribution in [0.1, 0.15) is 5.56 Å². The molecule has 0 bridgehead atoms.